The highest BCUT2D eigenvalue weighted by Gasteiger charge is 2.39. The second kappa shape index (κ2) is 3.78. The Bertz CT molecular complexity index is 238. The number of rotatable bonds is 3. The van der Waals surface area contributed by atoms with Crippen LogP contribution in [0.1, 0.15) is 39.5 Å². The summed E-state index contributed by atoms with van der Waals surface area (Å²) < 4.78 is 0. The summed E-state index contributed by atoms with van der Waals surface area (Å²) in [6.07, 6.45) is 3.73. The molecule has 3 heteroatoms. The van der Waals surface area contributed by atoms with E-state index in [4.69, 9.17) is 5.26 Å². The molecule has 0 spiro atoms. The Morgan fingerprint density at radius 2 is 2.31 bits per heavy atom. The number of nitrogens with one attached hydrogen (secondary N) is 1. The van der Waals surface area contributed by atoms with Gasteiger partial charge in [-0.05, 0) is 19.3 Å². The fourth-order valence-electron chi connectivity index (χ4n) is 1.49. The van der Waals surface area contributed by atoms with Gasteiger partial charge in [0.2, 0.25) is 5.91 Å². The Morgan fingerprint density at radius 3 is 2.62 bits per heavy atom. The third-order valence-corrected chi connectivity index (χ3v) is 2.87. The van der Waals surface area contributed by atoms with Gasteiger partial charge in [-0.2, -0.15) is 5.26 Å². The van der Waals surface area contributed by atoms with E-state index in [2.05, 4.69) is 11.4 Å². The van der Waals surface area contributed by atoms with Crippen LogP contribution in [0.3, 0.4) is 0 Å². The molecule has 72 valence electrons. The lowest BCUT2D eigenvalue weighted by atomic mass is 9.70. The zero-order chi connectivity index (χ0) is 9.90. The molecular formula is C10H16N2O. The maximum atomic E-state index is 11.6. The predicted molar refractivity (Wildman–Crippen MR) is 49.8 cm³/mol. The standard InChI is InChI=1S/C10H16N2O/c1-3-8(7-11)12-9(13)10(2)5-4-6-10/h8H,3-6H2,1-2H3,(H,12,13)/t8-/m1/s1. The summed E-state index contributed by atoms with van der Waals surface area (Å²) >= 11 is 0. The number of hydrogen-bond acceptors (Lipinski definition) is 2. The molecule has 3 nitrogen and oxygen atoms in total. The fraction of sp³-hybridized carbons (Fsp3) is 0.800. The lowest BCUT2D eigenvalue weighted by Gasteiger charge is -2.37. The van der Waals surface area contributed by atoms with Crippen molar-refractivity contribution >= 4 is 5.91 Å². The van der Waals surface area contributed by atoms with E-state index >= 15 is 0 Å². The van der Waals surface area contributed by atoms with Gasteiger partial charge in [0.15, 0.2) is 0 Å². The summed E-state index contributed by atoms with van der Waals surface area (Å²) in [5, 5.41) is 11.4. The highest BCUT2D eigenvalue weighted by Crippen LogP contribution is 2.40. The Morgan fingerprint density at radius 1 is 1.69 bits per heavy atom. The first-order valence-corrected chi connectivity index (χ1v) is 4.83. The van der Waals surface area contributed by atoms with Gasteiger partial charge in [0.25, 0.3) is 0 Å². The van der Waals surface area contributed by atoms with E-state index in [-0.39, 0.29) is 17.4 Å². The number of nitrogens with zero attached hydrogens (tertiary/aromatic N) is 1. The molecule has 0 radical (unpaired) electrons. The molecule has 1 aliphatic carbocycles. The molecule has 0 aromatic carbocycles. The summed E-state index contributed by atoms with van der Waals surface area (Å²) in [7, 11) is 0. The minimum absolute atomic E-state index is 0.0483. The van der Waals surface area contributed by atoms with Gasteiger partial charge in [-0.25, -0.2) is 0 Å². The van der Waals surface area contributed by atoms with Crippen molar-refractivity contribution < 1.29 is 4.79 Å². The summed E-state index contributed by atoms with van der Waals surface area (Å²) in [6.45, 7) is 3.87. The van der Waals surface area contributed by atoms with E-state index in [9.17, 15) is 4.79 Å². The maximum Gasteiger partial charge on any atom is 0.226 e. The van der Waals surface area contributed by atoms with Gasteiger partial charge in [-0.3, -0.25) is 4.79 Å². The van der Waals surface area contributed by atoms with Gasteiger partial charge in [-0.15, -0.1) is 0 Å². The highest BCUT2D eigenvalue weighted by molar-refractivity contribution is 5.83. The monoisotopic (exact) mass is 180 g/mol. The molecule has 0 unspecified atom stereocenters. The van der Waals surface area contributed by atoms with E-state index in [1.807, 2.05) is 13.8 Å². The molecule has 0 aliphatic heterocycles. The van der Waals surface area contributed by atoms with Crippen molar-refractivity contribution in [2.45, 2.75) is 45.6 Å². The van der Waals surface area contributed by atoms with Crippen molar-refractivity contribution in [3.63, 3.8) is 0 Å². The van der Waals surface area contributed by atoms with Crippen LogP contribution < -0.4 is 5.32 Å². The molecule has 1 N–H and O–H groups in total. The summed E-state index contributed by atoms with van der Waals surface area (Å²) in [6, 6.07) is 1.76. The number of nitriles is 1. The quantitative estimate of drug-likeness (QED) is 0.717. The molecule has 0 heterocycles. The van der Waals surface area contributed by atoms with Crippen LogP contribution in [0.15, 0.2) is 0 Å². The first kappa shape index (κ1) is 10.0. The lowest BCUT2D eigenvalue weighted by Crippen LogP contribution is -2.46. The molecule has 1 atom stereocenters. The van der Waals surface area contributed by atoms with Crippen molar-refractivity contribution in [2.24, 2.45) is 5.41 Å². The normalized spacial score (nSPS) is 21.0. The minimum Gasteiger partial charge on any atom is -0.340 e. The van der Waals surface area contributed by atoms with Crippen molar-refractivity contribution in [1.82, 2.24) is 5.32 Å². The van der Waals surface area contributed by atoms with Crippen molar-refractivity contribution in [1.29, 1.82) is 5.26 Å². The van der Waals surface area contributed by atoms with Crippen LogP contribution in [-0.2, 0) is 4.79 Å². The SMILES string of the molecule is CC[C@H](C#N)NC(=O)C1(C)CCC1. The second-order valence-electron chi connectivity index (χ2n) is 3.98. The van der Waals surface area contributed by atoms with Crippen LogP contribution in [0, 0.1) is 16.7 Å². The summed E-state index contributed by atoms with van der Waals surface area (Å²) in [5.74, 6) is 0.0483. The molecule has 1 fully saturated rings. The zero-order valence-corrected chi connectivity index (χ0v) is 8.26. The predicted octanol–water partition coefficient (Wildman–Crippen LogP) is 1.59. The molecule has 0 bridgehead atoms. The van der Waals surface area contributed by atoms with Crippen molar-refractivity contribution in [3.8, 4) is 6.07 Å². The molecule has 13 heavy (non-hydrogen) atoms. The van der Waals surface area contributed by atoms with E-state index < -0.39 is 0 Å². The molecule has 0 aromatic rings. The third kappa shape index (κ3) is 2.00. The van der Waals surface area contributed by atoms with Crippen LogP contribution in [-0.4, -0.2) is 11.9 Å². The van der Waals surface area contributed by atoms with Crippen molar-refractivity contribution in [2.75, 3.05) is 0 Å². The van der Waals surface area contributed by atoms with Gasteiger partial charge in [-0.1, -0.05) is 20.3 Å². The van der Waals surface area contributed by atoms with Gasteiger partial charge in [0, 0.05) is 5.41 Å². The Labute approximate surface area is 79.1 Å². The van der Waals surface area contributed by atoms with Crippen molar-refractivity contribution in [3.05, 3.63) is 0 Å². The van der Waals surface area contributed by atoms with E-state index in [0.717, 1.165) is 19.3 Å². The average Bonchev–Trinajstić information content (AvgIpc) is 2.09. The number of amides is 1. The highest BCUT2D eigenvalue weighted by atomic mass is 16.2. The van der Waals surface area contributed by atoms with Gasteiger partial charge >= 0.3 is 0 Å². The number of hydrogen-bond donors (Lipinski definition) is 1. The fourth-order valence-corrected chi connectivity index (χ4v) is 1.49. The first-order valence-electron chi connectivity index (χ1n) is 4.83. The van der Waals surface area contributed by atoms with Crippen LogP contribution in [0.25, 0.3) is 0 Å². The number of carbonyl (C=O) groups excluding carboxylic acids is 1. The topological polar surface area (TPSA) is 52.9 Å². The Balaban J connectivity index is 2.45. The third-order valence-electron chi connectivity index (χ3n) is 2.87. The zero-order valence-electron chi connectivity index (χ0n) is 8.26. The van der Waals surface area contributed by atoms with Crippen LogP contribution in [0.4, 0.5) is 0 Å². The van der Waals surface area contributed by atoms with E-state index in [1.54, 1.807) is 0 Å². The second-order valence-corrected chi connectivity index (χ2v) is 3.98. The largest absolute Gasteiger partial charge is 0.340 e. The van der Waals surface area contributed by atoms with Crippen LogP contribution >= 0.6 is 0 Å². The Hall–Kier alpha value is -1.04. The van der Waals surface area contributed by atoms with Crippen LogP contribution in [0.2, 0.25) is 0 Å². The molecule has 1 saturated carbocycles. The van der Waals surface area contributed by atoms with E-state index in [0.29, 0.717) is 6.42 Å². The summed E-state index contributed by atoms with van der Waals surface area (Å²) in [4.78, 5) is 11.6. The molecular weight excluding hydrogens is 164 g/mol. The molecule has 1 rings (SSSR count). The molecule has 1 amide bonds. The van der Waals surface area contributed by atoms with E-state index in [1.165, 1.54) is 0 Å². The van der Waals surface area contributed by atoms with Gasteiger partial charge in [0.1, 0.15) is 6.04 Å². The molecule has 0 aromatic heterocycles. The first-order chi connectivity index (χ1) is 6.12. The maximum absolute atomic E-state index is 11.6. The lowest BCUT2D eigenvalue weighted by molar-refractivity contribution is -0.135. The summed E-state index contributed by atoms with van der Waals surface area (Å²) in [5.41, 5.74) is -0.190. The van der Waals surface area contributed by atoms with Gasteiger partial charge in [0.05, 0.1) is 6.07 Å². The average molecular weight is 180 g/mol. The number of carbonyl (C=O) groups is 1. The Kier molecular flexibility index (Phi) is 2.92. The molecule has 1 aliphatic rings. The van der Waals surface area contributed by atoms with Gasteiger partial charge < -0.3 is 5.32 Å². The van der Waals surface area contributed by atoms with Crippen LogP contribution in [0.5, 0.6) is 0 Å². The minimum atomic E-state index is -0.315. The molecule has 0 saturated heterocycles. The smallest absolute Gasteiger partial charge is 0.226 e.